The molecule has 1 fully saturated rings. The van der Waals surface area contributed by atoms with Gasteiger partial charge in [0.05, 0.1) is 5.92 Å². The van der Waals surface area contributed by atoms with Crippen LogP contribution in [-0.2, 0) is 9.53 Å². The monoisotopic (exact) mass is 362 g/mol. The summed E-state index contributed by atoms with van der Waals surface area (Å²) in [5, 5.41) is 0. The maximum absolute atomic E-state index is 12.4. The van der Waals surface area contributed by atoms with Crippen molar-refractivity contribution in [2.75, 3.05) is 0 Å². The van der Waals surface area contributed by atoms with Crippen LogP contribution in [0.4, 0.5) is 13.2 Å². The molecule has 2 aromatic rings. The Bertz CT molecular complexity index is 713. The first-order chi connectivity index (χ1) is 12.4. The summed E-state index contributed by atoms with van der Waals surface area (Å²) in [6.45, 7) is 0. The van der Waals surface area contributed by atoms with Crippen molar-refractivity contribution < 1.29 is 22.7 Å². The van der Waals surface area contributed by atoms with E-state index in [0.717, 1.165) is 11.1 Å². The van der Waals surface area contributed by atoms with Crippen molar-refractivity contribution in [2.45, 2.75) is 43.9 Å². The van der Waals surface area contributed by atoms with Gasteiger partial charge in [-0.1, -0.05) is 60.7 Å². The molecule has 1 aliphatic heterocycles. The molecule has 0 saturated carbocycles. The number of halogens is 3. The number of benzene rings is 2. The van der Waals surface area contributed by atoms with Crippen LogP contribution in [0, 0.1) is 5.92 Å². The SMILES string of the molecule is O=C1O[C@@H](c2ccccc2)[C@@H](c2ccccc2)C[C@@H]1CCCC(F)(F)F. The van der Waals surface area contributed by atoms with Gasteiger partial charge in [0, 0.05) is 12.3 Å². The Kier molecular flexibility index (Phi) is 5.64. The highest BCUT2D eigenvalue weighted by Gasteiger charge is 2.39. The van der Waals surface area contributed by atoms with Crippen LogP contribution in [0.3, 0.4) is 0 Å². The Balaban J connectivity index is 1.79. The standard InChI is InChI=1S/C21H21F3O2/c22-21(23,24)13-7-12-17-14-18(15-8-3-1-4-9-15)19(26-20(17)25)16-10-5-2-6-11-16/h1-6,8-11,17-19H,7,12-14H2/t17-,18+,19-/m0/s1. The predicted octanol–water partition coefficient (Wildman–Crippen LogP) is 5.81. The molecule has 0 aliphatic carbocycles. The van der Waals surface area contributed by atoms with Crippen molar-refractivity contribution in [3.8, 4) is 0 Å². The lowest BCUT2D eigenvalue weighted by atomic mass is 9.78. The van der Waals surface area contributed by atoms with Crippen molar-refractivity contribution in [3.05, 3.63) is 71.8 Å². The Hall–Kier alpha value is -2.30. The lowest BCUT2D eigenvalue weighted by Crippen LogP contribution is -2.32. The third-order valence-electron chi connectivity index (χ3n) is 4.85. The fourth-order valence-electron chi connectivity index (χ4n) is 3.57. The lowest BCUT2D eigenvalue weighted by molar-refractivity contribution is -0.164. The van der Waals surface area contributed by atoms with Crippen LogP contribution in [0.5, 0.6) is 0 Å². The molecule has 1 saturated heterocycles. The van der Waals surface area contributed by atoms with Gasteiger partial charge in [-0.2, -0.15) is 13.2 Å². The smallest absolute Gasteiger partial charge is 0.389 e. The summed E-state index contributed by atoms with van der Waals surface area (Å²) in [7, 11) is 0. The minimum absolute atomic E-state index is 0.0548. The highest BCUT2D eigenvalue weighted by atomic mass is 19.4. The summed E-state index contributed by atoms with van der Waals surface area (Å²) in [6, 6.07) is 19.2. The third kappa shape index (κ3) is 4.65. The van der Waals surface area contributed by atoms with Crippen LogP contribution in [0.25, 0.3) is 0 Å². The molecule has 0 bridgehead atoms. The van der Waals surface area contributed by atoms with E-state index >= 15 is 0 Å². The number of hydrogen-bond donors (Lipinski definition) is 0. The van der Waals surface area contributed by atoms with Gasteiger partial charge in [0.2, 0.25) is 0 Å². The quantitative estimate of drug-likeness (QED) is 0.628. The number of carbonyl (C=O) groups excluding carboxylic acids is 1. The molecule has 0 spiro atoms. The first-order valence-electron chi connectivity index (χ1n) is 8.81. The number of ether oxygens (including phenoxy) is 1. The maximum Gasteiger partial charge on any atom is 0.389 e. The highest BCUT2D eigenvalue weighted by molar-refractivity contribution is 5.74. The first-order valence-corrected chi connectivity index (χ1v) is 8.81. The van der Waals surface area contributed by atoms with Gasteiger partial charge < -0.3 is 4.74 Å². The number of rotatable bonds is 5. The molecular weight excluding hydrogens is 341 g/mol. The second-order valence-corrected chi connectivity index (χ2v) is 6.73. The van der Waals surface area contributed by atoms with Crippen LogP contribution < -0.4 is 0 Å². The topological polar surface area (TPSA) is 26.3 Å². The largest absolute Gasteiger partial charge is 0.457 e. The molecule has 0 N–H and O–H groups in total. The van der Waals surface area contributed by atoms with E-state index in [2.05, 4.69) is 0 Å². The zero-order chi connectivity index (χ0) is 18.6. The van der Waals surface area contributed by atoms with E-state index in [9.17, 15) is 18.0 Å². The highest BCUT2D eigenvalue weighted by Crippen LogP contribution is 2.44. The van der Waals surface area contributed by atoms with Crippen molar-refractivity contribution in [3.63, 3.8) is 0 Å². The molecule has 26 heavy (non-hydrogen) atoms. The molecule has 0 aromatic heterocycles. The van der Waals surface area contributed by atoms with Crippen molar-refractivity contribution >= 4 is 5.97 Å². The fraction of sp³-hybridized carbons (Fsp3) is 0.381. The molecule has 2 aromatic carbocycles. The number of esters is 1. The molecule has 0 radical (unpaired) electrons. The van der Waals surface area contributed by atoms with Crippen LogP contribution in [0.1, 0.15) is 48.8 Å². The average molecular weight is 362 g/mol. The molecule has 1 heterocycles. The summed E-state index contributed by atoms with van der Waals surface area (Å²) in [6.07, 6.45) is -4.83. The predicted molar refractivity (Wildman–Crippen MR) is 92.5 cm³/mol. The molecule has 0 unspecified atom stereocenters. The van der Waals surface area contributed by atoms with Gasteiger partial charge in [-0.15, -0.1) is 0 Å². The number of cyclic esters (lactones) is 1. The van der Waals surface area contributed by atoms with Gasteiger partial charge in [0.1, 0.15) is 6.10 Å². The number of carbonyl (C=O) groups is 1. The summed E-state index contributed by atoms with van der Waals surface area (Å²) < 4.78 is 43.0. The Labute approximate surface area is 151 Å². The molecule has 1 aliphatic rings. The normalized spacial score (nSPS) is 23.5. The van der Waals surface area contributed by atoms with E-state index in [1.165, 1.54) is 0 Å². The van der Waals surface area contributed by atoms with Crippen LogP contribution in [0.15, 0.2) is 60.7 Å². The summed E-state index contributed by atoms with van der Waals surface area (Å²) in [5.74, 6) is -0.956. The zero-order valence-corrected chi connectivity index (χ0v) is 14.3. The minimum atomic E-state index is -4.19. The molecule has 3 rings (SSSR count). The van der Waals surface area contributed by atoms with Gasteiger partial charge in [-0.3, -0.25) is 4.79 Å². The second kappa shape index (κ2) is 7.94. The maximum atomic E-state index is 12.4. The molecule has 2 nitrogen and oxygen atoms in total. The Morgan fingerprint density at radius 3 is 2.08 bits per heavy atom. The van der Waals surface area contributed by atoms with Crippen LogP contribution >= 0.6 is 0 Å². The van der Waals surface area contributed by atoms with E-state index < -0.39 is 30.6 Å². The van der Waals surface area contributed by atoms with E-state index in [1.54, 1.807) is 0 Å². The number of hydrogen-bond acceptors (Lipinski definition) is 2. The number of alkyl halides is 3. The Morgan fingerprint density at radius 1 is 0.923 bits per heavy atom. The van der Waals surface area contributed by atoms with Gasteiger partial charge in [-0.25, -0.2) is 0 Å². The van der Waals surface area contributed by atoms with Crippen molar-refractivity contribution in [1.82, 2.24) is 0 Å². The van der Waals surface area contributed by atoms with Crippen LogP contribution in [-0.4, -0.2) is 12.1 Å². The van der Waals surface area contributed by atoms with E-state index in [0.29, 0.717) is 6.42 Å². The molecule has 3 atom stereocenters. The Morgan fingerprint density at radius 2 is 1.50 bits per heavy atom. The van der Waals surface area contributed by atoms with Gasteiger partial charge in [-0.05, 0) is 30.4 Å². The fourth-order valence-corrected chi connectivity index (χ4v) is 3.57. The third-order valence-corrected chi connectivity index (χ3v) is 4.85. The minimum Gasteiger partial charge on any atom is -0.457 e. The van der Waals surface area contributed by atoms with Crippen LogP contribution in [0.2, 0.25) is 0 Å². The van der Waals surface area contributed by atoms with Gasteiger partial charge in [0.25, 0.3) is 0 Å². The average Bonchev–Trinajstić information content (AvgIpc) is 2.63. The van der Waals surface area contributed by atoms with E-state index in [1.807, 2.05) is 60.7 Å². The second-order valence-electron chi connectivity index (χ2n) is 6.73. The van der Waals surface area contributed by atoms with Crippen molar-refractivity contribution in [2.24, 2.45) is 5.92 Å². The van der Waals surface area contributed by atoms with Crippen molar-refractivity contribution in [1.29, 1.82) is 0 Å². The lowest BCUT2D eigenvalue weighted by Gasteiger charge is -2.36. The summed E-state index contributed by atoms with van der Waals surface area (Å²) >= 11 is 0. The van der Waals surface area contributed by atoms with E-state index in [4.69, 9.17) is 4.74 Å². The molecule has 0 amide bonds. The summed E-state index contributed by atoms with van der Waals surface area (Å²) in [5.41, 5.74) is 1.94. The zero-order valence-electron chi connectivity index (χ0n) is 14.3. The molecular formula is C21H21F3O2. The van der Waals surface area contributed by atoms with E-state index in [-0.39, 0.29) is 18.8 Å². The summed E-state index contributed by atoms with van der Waals surface area (Å²) in [4.78, 5) is 12.4. The molecule has 5 heteroatoms. The molecule has 138 valence electrons. The van der Waals surface area contributed by atoms with Gasteiger partial charge >= 0.3 is 12.1 Å². The van der Waals surface area contributed by atoms with Gasteiger partial charge in [0.15, 0.2) is 0 Å². The first kappa shape index (κ1) is 18.5.